The molecule has 0 aliphatic heterocycles. The Labute approximate surface area is 139 Å². The zero-order valence-corrected chi connectivity index (χ0v) is 14.7. The molecule has 7 heteroatoms. The summed E-state index contributed by atoms with van der Waals surface area (Å²) in [7, 11) is 3.47. The zero-order valence-electron chi connectivity index (χ0n) is 13.1. The summed E-state index contributed by atoms with van der Waals surface area (Å²) in [6, 6.07) is 0.424. The fourth-order valence-corrected chi connectivity index (χ4v) is 3.04. The molecule has 1 aliphatic rings. The number of hydrogen-bond donors (Lipinski definition) is 1. The van der Waals surface area contributed by atoms with Crippen LogP contribution in [-0.2, 0) is 9.53 Å². The van der Waals surface area contributed by atoms with Crippen LogP contribution in [0.1, 0.15) is 25.7 Å². The van der Waals surface area contributed by atoms with E-state index in [4.69, 9.17) is 0 Å². The minimum absolute atomic E-state index is 0.198. The van der Waals surface area contributed by atoms with Crippen molar-refractivity contribution in [3.8, 4) is 0 Å². The van der Waals surface area contributed by atoms with E-state index in [9.17, 15) is 4.79 Å². The second-order valence-electron chi connectivity index (χ2n) is 5.75. The van der Waals surface area contributed by atoms with Gasteiger partial charge in [-0.05, 0) is 47.5 Å². The molecule has 0 saturated heterocycles. The molecule has 122 valence electrons. The highest BCUT2D eigenvalue weighted by Crippen LogP contribution is 2.26. The molecule has 0 atom stereocenters. The number of nitrogens with zero attached hydrogens (tertiary/aromatic N) is 3. The first-order valence-corrected chi connectivity index (χ1v) is 8.36. The summed E-state index contributed by atoms with van der Waals surface area (Å²) in [4.78, 5) is 21.9. The van der Waals surface area contributed by atoms with Crippen LogP contribution in [0.15, 0.2) is 17.0 Å². The number of nitrogens with one attached hydrogen (secondary N) is 1. The molecule has 22 heavy (non-hydrogen) atoms. The van der Waals surface area contributed by atoms with Gasteiger partial charge in [0, 0.05) is 19.6 Å². The number of rotatable bonds is 6. The number of carbonyl (C=O) groups is 1. The molecule has 1 aliphatic carbocycles. The van der Waals surface area contributed by atoms with Gasteiger partial charge in [-0.3, -0.25) is 4.79 Å². The summed E-state index contributed by atoms with van der Waals surface area (Å²) in [5, 5.41) is 3.27. The average Bonchev–Trinajstić information content (AvgIpc) is 2.54. The van der Waals surface area contributed by atoms with Crippen LogP contribution in [0.4, 0.5) is 5.82 Å². The zero-order chi connectivity index (χ0) is 15.9. The SMILES string of the molecule is COC(=O)CN[C@H]1CC[C@H](CN(C)c2cnc(Br)cn2)CC1. The fraction of sp³-hybridized carbons (Fsp3) is 0.667. The lowest BCUT2D eigenvalue weighted by molar-refractivity contribution is -0.139. The molecule has 0 unspecified atom stereocenters. The minimum Gasteiger partial charge on any atom is -0.468 e. The highest BCUT2D eigenvalue weighted by Gasteiger charge is 2.22. The van der Waals surface area contributed by atoms with Crippen molar-refractivity contribution in [3.63, 3.8) is 0 Å². The van der Waals surface area contributed by atoms with Gasteiger partial charge in [-0.1, -0.05) is 0 Å². The number of carbonyl (C=O) groups excluding carboxylic acids is 1. The number of esters is 1. The van der Waals surface area contributed by atoms with Crippen molar-refractivity contribution < 1.29 is 9.53 Å². The fourth-order valence-electron chi connectivity index (χ4n) is 2.83. The Hall–Kier alpha value is -1.21. The van der Waals surface area contributed by atoms with Crippen LogP contribution in [0.5, 0.6) is 0 Å². The first-order chi connectivity index (χ1) is 10.6. The third-order valence-electron chi connectivity index (χ3n) is 4.14. The highest BCUT2D eigenvalue weighted by molar-refractivity contribution is 9.10. The molecule has 0 spiro atoms. The van der Waals surface area contributed by atoms with E-state index >= 15 is 0 Å². The average molecular weight is 371 g/mol. The molecule has 1 aromatic rings. The van der Waals surface area contributed by atoms with Crippen LogP contribution >= 0.6 is 15.9 Å². The van der Waals surface area contributed by atoms with E-state index in [0.717, 1.165) is 42.6 Å². The lowest BCUT2D eigenvalue weighted by Crippen LogP contribution is -2.38. The Kier molecular flexibility index (Phi) is 6.57. The molecule has 1 saturated carbocycles. The van der Waals surface area contributed by atoms with Crippen LogP contribution in [0.3, 0.4) is 0 Å². The molecule has 1 fully saturated rings. The van der Waals surface area contributed by atoms with E-state index in [2.05, 4.69) is 47.9 Å². The summed E-state index contributed by atoms with van der Waals surface area (Å²) in [6.45, 7) is 1.29. The molecular formula is C15H23BrN4O2. The van der Waals surface area contributed by atoms with Crippen LogP contribution in [-0.4, -0.2) is 49.2 Å². The number of halogens is 1. The van der Waals surface area contributed by atoms with Crippen LogP contribution in [0, 0.1) is 5.92 Å². The maximum atomic E-state index is 11.1. The van der Waals surface area contributed by atoms with Gasteiger partial charge in [0.15, 0.2) is 0 Å². The lowest BCUT2D eigenvalue weighted by Gasteiger charge is -2.31. The van der Waals surface area contributed by atoms with E-state index in [-0.39, 0.29) is 5.97 Å². The first kappa shape index (κ1) is 17.1. The summed E-state index contributed by atoms with van der Waals surface area (Å²) in [5.74, 6) is 1.36. The summed E-state index contributed by atoms with van der Waals surface area (Å²) in [6.07, 6.45) is 8.02. The Morgan fingerprint density at radius 1 is 1.36 bits per heavy atom. The van der Waals surface area contributed by atoms with Gasteiger partial charge in [-0.2, -0.15) is 0 Å². The van der Waals surface area contributed by atoms with Crippen molar-refractivity contribution in [1.82, 2.24) is 15.3 Å². The quantitative estimate of drug-likeness (QED) is 0.772. The number of aromatic nitrogens is 2. The second-order valence-corrected chi connectivity index (χ2v) is 6.57. The van der Waals surface area contributed by atoms with Gasteiger partial charge >= 0.3 is 5.97 Å². The van der Waals surface area contributed by atoms with Gasteiger partial charge < -0.3 is 15.0 Å². The third-order valence-corrected chi connectivity index (χ3v) is 4.55. The second kappa shape index (κ2) is 8.43. The molecule has 1 aromatic heterocycles. The molecule has 1 heterocycles. The standard InChI is InChI=1S/C15H23BrN4O2/c1-20(14-8-18-13(16)7-19-14)10-11-3-5-12(6-4-11)17-9-15(21)22-2/h7-8,11-12,17H,3-6,9-10H2,1-2H3/t11-,12-. The van der Waals surface area contributed by atoms with Gasteiger partial charge in [0.25, 0.3) is 0 Å². The Morgan fingerprint density at radius 3 is 2.68 bits per heavy atom. The molecule has 0 amide bonds. The van der Waals surface area contributed by atoms with Crippen molar-refractivity contribution in [2.24, 2.45) is 5.92 Å². The minimum atomic E-state index is -0.198. The predicted molar refractivity (Wildman–Crippen MR) is 88.8 cm³/mol. The topological polar surface area (TPSA) is 67.3 Å². The number of anilines is 1. The van der Waals surface area contributed by atoms with Crippen molar-refractivity contribution in [2.75, 3.05) is 32.1 Å². The summed E-state index contributed by atoms with van der Waals surface area (Å²) in [5.41, 5.74) is 0. The van der Waals surface area contributed by atoms with E-state index in [1.165, 1.54) is 7.11 Å². The Morgan fingerprint density at radius 2 is 2.09 bits per heavy atom. The maximum absolute atomic E-state index is 11.1. The van der Waals surface area contributed by atoms with E-state index in [1.54, 1.807) is 12.4 Å². The van der Waals surface area contributed by atoms with Gasteiger partial charge in [-0.25, -0.2) is 9.97 Å². The number of ether oxygens (including phenoxy) is 1. The van der Waals surface area contributed by atoms with Gasteiger partial charge in [-0.15, -0.1) is 0 Å². The third kappa shape index (κ3) is 5.21. The highest BCUT2D eigenvalue weighted by atomic mass is 79.9. The van der Waals surface area contributed by atoms with Crippen LogP contribution in [0.2, 0.25) is 0 Å². The van der Waals surface area contributed by atoms with Crippen molar-refractivity contribution in [1.29, 1.82) is 0 Å². The largest absolute Gasteiger partial charge is 0.468 e. The summed E-state index contributed by atoms with van der Waals surface area (Å²) < 4.78 is 5.40. The molecule has 0 aromatic carbocycles. The Balaban J connectivity index is 1.72. The van der Waals surface area contributed by atoms with Crippen LogP contribution in [0.25, 0.3) is 0 Å². The van der Waals surface area contributed by atoms with Crippen LogP contribution < -0.4 is 10.2 Å². The summed E-state index contributed by atoms with van der Waals surface area (Å²) >= 11 is 3.30. The van der Waals surface area contributed by atoms with Crippen molar-refractivity contribution in [3.05, 3.63) is 17.0 Å². The number of hydrogen-bond acceptors (Lipinski definition) is 6. The molecule has 0 radical (unpaired) electrons. The van der Waals surface area contributed by atoms with E-state index in [1.807, 2.05) is 0 Å². The van der Waals surface area contributed by atoms with Gasteiger partial charge in [0.2, 0.25) is 0 Å². The molecular weight excluding hydrogens is 348 g/mol. The maximum Gasteiger partial charge on any atom is 0.319 e. The van der Waals surface area contributed by atoms with E-state index < -0.39 is 0 Å². The molecule has 1 N–H and O–H groups in total. The Bertz CT molecular complexity index is 475. The van der Waals surface area contributed by atoms with E-state index in [0.29, 0.717) is 18.5 Å². The number of methoxy groups -OCH3 is 1. The van der Waals surface area contributed by atoms with Crippen molar-refractivity contribution in [2.45, 2.75) is 31.7 Å². The molecule has 6 nitrogen and oxygen atoms in total. The van der Waals surface area contributed by atoms with Gasteiger partial charge in [0.1, 0.15) is 10.4 Å². The lowest BCUT2D eigenvalue weighted by atomic mass is 9.85. The van der Waals surface area contributed by atoms with Gasteiger partial charge in [0.05, 0.1) is 26.0 Å². The smallest absolute Gasteiger partial charge is 0.319 e. The normalized spacial score (nSPS) is 21.4. The predicted octanol–water partition coefficient (Wildman–Crippen LogP) is 2.00. The molecule has 0 bridgehead atoms. The monoisotopic (exact) mass is 370 g/mol. The first-order valence-electron chi connectivity index (χ1n) is 7.57. The van der Waals surface area contributed by atoms with Crippen molar-refractivity contribution >= 4 is 27.7 Å². The molecule has 2 rings (SSSR count).